The number of rotatable bonds is 6. The van der Waals surface area contributed by atoms with Gasteiger partial charge in [0.05, 0.1) is 51.7 Å². The van der Waals surface area contributed by atoms with E-state index >= 15 is 0 Å². The van der Waals surface area contributed by atoms with Crippen molar-refractivity contribution in [2.75, 3.05) is 23.2 Å². The number of hydrogen-bond acceptors (Lipinski definition) is 6. The lowest BCUT2D eigenvalue weighted by atomic mass is 9.96. The van der Waals surface area contributed by atoms with E-state index in [1.54, 1.807) is 19.2 Å². The Labute approximate surface area is 280 Å². The third-order valence-electron chi connectivity index (χ3n) is 8.78. The van der Waals surface area contributed by atoms with E-state index in [9.17, 15) is 8.42 Å². The van der Waals surface area contributed by atoms with Gasteiger partial charge in [-0.1, -0.05) is 78.9 Å². The first-order valence-electron chi connectivity index (χ1n) is 15.6. The Balaban J connectivity index is 1.40. The summed E-state index contributed by atoms with van der Waals surface area (Å²) in [5, 5.41) is 0.995. The quantitative estimate of drug-likeness (QED) is 0.179. The van der Waals surface area contributed by atoms with Gasteiger partial charge in [-0.2, -0.15) is 0 Å². The molecule has 0 spiro atoms. The van der Waals surface area contributed by atoms with Crippen LogP contribution in [-0.2, 0) is 9.84 Å². The van der Waals surface area contributed by atoms with Crippen molar-refractivity contribution in [1.29, 1.82) is 0 Å². The minimum atomic E-state index is -3.34. The van der Waals surface area contributed by atoms with Crippen LogP contribution in [0.15, 0.2) is 157 Å². The number of sulfone groups is 1. The molecule has 1 aromatic heterocycles. The molecule has 7 aromatic rings. The number of ether oxygens (including phenoxy) is 1. The molecule has 0 saturated carbocycles. The molecule has 48 heavy (non-hydrogen) atoms. The number of methoxy groups -OCH3 is 1. The molecule has 0 saturated heterocycles. The third-order valence-corrected chi connectivity index (χ3v) is 9.91. The predicted octanol–water partition coefficient (Wildman–Crippen LogP) is 10.2. The smallest absolute Gasteiger partial charge is 0.175 e. The van der Waals surface area contributed by atoms with Gasteiger partial charge >= 0.3 is 0 Å². The average Bonchev–Trinajstić information content (AvgIpc) is 3.13. The van der Waals surface area contributed by atoms with E-state index in [4.69, 9.17) is 9.72 Å². The SMILES string of the molecule is COc1ccc(-c2cc(-c3ccc(S(C)(=O)=O)cc3)nc3c(N4c5ccccc5N(c5ccccc5)c5ccccc54)cccc23)cc1. The van der Waals surface area contributed by atoms with E-state index in [0.717, 1.165) is 73.2 Å². The fraction of sp³-hybridized carbons (Fsp3) is 0.0488. The first-order chi connectivity index (χ1) is 23.4. The van der Waals surface area contributed by atoms with Crippen molar-refractivity contribution >= 4 is 54.9 Å². The molecule has 6 nitrogen and oxygen atoms in total. The third kappa shape index (κ3) is 5.05. The average molecular weight is 646 g/mol. The van der Waals surface area contributed by atoms with Crippen LogP contribution in [0, 0.1) is 0 Å². The highest BCUT2D eigenvalue weighted by molar-refractivity contribution is 7.90. The van der Waals surface area contributed by atoms with E-state index in [0.29, 0.717) is 0 Å². The standard InChI is InChI=1S/C41H31N3O3S/c1-47-31-23-19-28(20-24-31)34-27-35(29-21-25-32(26-22-29)48(2,45)46)42-41-33(34)13-10-18-40(41)44-38-16-8-6-14-36(38)43(30-11-4-3-5-12-30)37-15-7-9-17-39(37)44/h3-27H,1-2H3. The minimum absolute atomic E-state index is 0.271. The van der Waals surface area contributed by atoms with Gasteiger partial charge < -0.3 is 14.5 Å². The Morgan fingerprint density at radius 3 is 1.69 bits per heavy atom. The van der Waals surface area contributed by atoms with Crippen LogP contribution >= 0.6 is 0 Å². The molecule has 7 heteroatoms. The Morgan fingerprint density at radius 2 is 1.10 bits per heavy atom. The van der Waals surface area contributed by atoms with Crippen molar-refractivity contribution in [2.45, 2.75) is 4.90 Å². The topological polar surface area (TPSA) is 62.7 Å². The van der Waals surface area contributed by atoms with Crippen LogP contribution in [0.5, 0.6) is 5.75 Å². The number of hydrogen-bond donors (Lipinski definition) is 0. The molecule has 2 heterocycles. The van der Waals surface area contributed by atoms with Gasteiger partial charge in [0.25, 0.3) is 0 Å². The highest BCUT2D eigenvalue weighted by atomic mass is 32.2. The van der Waals surface area contributed by atoms with Gasteiger partial charge in [-0.05, 0) is 83.9 Å². The van der Waals surface area contributed by atoms with Crippen molar-refractivity contribution < 1.29 is 13.2 Å². The largest absolute Gasteiger partial charge is 0.497 e. The van der Waals surface area contributed by atoms with Gasteiger partial charge in [-0.15, -0.1) is 0 Å². The van der Waals surface area contributed by atoms with Crippen molar-refractivity contribution in [3.63, 3.8) is 0 Å². The molecule has 8 rings (SSSR count). The summed E-state index contributed by atoms with van der Waals surface area (Å²) < 4.78 is 30.0. The second-order valence-corrected chi connectivity index (χ2v) is 13.8. The van der Waals surface area contributed by atoms with Crippen LogP contribution in [-0.4, -0.2) is 26.8 Å². The lowest BCUT2D eigenvalue weighted by molar-refractivity contribution is 0.415. The number of benzene rings is 6. The molecule has 6 aromatic carbocycles. The maximum absolute atomic E-state index is 12.2. The number of pyridine rings is 1. The summed E-state index contributed by atoms with van der Waals surface area (Å²) in [6.07, 6.45) is 1.22. The van der Waals surface area contributed by atoms with Gasteiger partial charge in [-0.3, -0.25) is 0 Å². The summed E-state index contributed by atoms with van der Waals surface area (Å²) in [7, 11) is -1.68. The van der Waals surface area contributed by atoms with Gasteiger partial charge in [0.15, 0.2) is 9.84 Å². The van der Waals surface area contributed by atoms with Gasteiger partial charge in [0, 0.05) is 22.9 Å². The van der Waals surface area contributed by atoms with E-state index < -0.39 is 9.84 Å². The molecule has 0 N–H and O–H groups in total. The first kappa shape index (κ1) is 29.5. The molecule has 0 atom stereocenters. The van der Waals surface area contributed by atoms with Crippen LogP contribution in [0.1, 0.15) is 0 Å². The zero-order valence-electron chi connectivity index (χ0n) is 26.4. The van der Waals surface area contributed by atoms with Crippen LogP contribution in [0.2, 0.25) is 0 Å². The first-order valence-corrected chi connectivity index (χ1v) is 17.5. The Morgan fingerprint density at radius 1 is 0.562 bits per heavy atom. The summed E-state index contributed by atoms with van der Waals surface area (Å²) in [6, 6.07) is 50.7. The van der Waals surface area contributed by atoms with Gasteiger partial charge in [0.1, 0.15) is 5.75 Å². The summed E-state index contributed by atoms with van der Waals surface area (Å²) in [6.45, 7) is 0. The number of para-hydroxylation sites is 6. The Hall–Kier alpha value is -5.92. The molecule has 0 amide bonds. The molecule has 1 aliphatic rings. The molecule has 234 valence electrons. The number of anilines is 6. The number of fused-ring (bicyclic) bond motifs is 3. The normalized spacial score (nSPS) is 12.5. The highest BCUT2D eigenvalue weighted by Gasteiger charge is 2.31. The zero-order chi connectivity index (χ0) is 32.8. The van der Waals surface area contributed by atoms with Crippen LogP contribution in [0.3, 0.4) is 0 Å². The van der Waals surface area contributed by atoms with E-state index in [2.05, 4.69) is 119 Å². The lowest BCUT2D eigenvalue weighted by Crippen LogP contribution is -2.24. The Kier molecular flexibility index (Phi) is 7.19. The minimum Gasteiger partial charge on any atom is -0.497 e. The van der Waals surface area contributed by atoms with Gasteiger partial charge in [-0.25, -0.2) is 13.4 Å². The fourth-order valence-corrected chi connectivity index (χ4v) is 7.13. The zero-order valence-corrected chi connectivity index (χ0v) is 27.2. The second-order valence-electron chi connectivity index (χ2n) is 11.7. The van der Waals surface area contributed by atoms with Crippen molar-refractivity contribution in [1.82, 2.24) is 4.98 Å². The summed E-state index contributed by atoms with van der Waals surface area (Å²) >= 11 is 0. The molecule has 1 aliphatic heterocycles. The fourth-order valence-electron chi connectivity index (χ4n) is 6.50. The van der Waals surface area contributed by atoms with E-state index in [1.807, 2.05) is 30.3 Å². The Bertz CT molecular complexity index is 2360. The second kappa shape index (κ2) is 11.7. The summed E-state index contributed by atoms with van der Waals surface area (Å²) in [4.78, 5) is 10.2. The highest BCUT2D eigenvalue weighted by Crippen LogP contribution is 2.55. The molecular formula is C41H31N3O3S. The summed E-state index contributed by atoms with van der Waals surface area (Å²) in [5.74, 6) is 0.777. The van der Waals surface area contributed by atoms with E-state index in [-0.39, 0.29) is 4.90 Å². The van der Waals surface area contributed by atoms with Crippen molar-refractivity contribution in [2.24, 2.45) is 0 Å². The lowest BCUT2D eigenvalue weighted by Gasteiger charge is -2.40. The monoisotopic (exact) mass is 645 g/mol. The van der Waals surface area contributed by atoms with Crippen molar-refractivity contribution in [3.05, 3.63) is 152 Å². The van der Waals surface area contributed by atoms with Crippen LogP contribution in [0.4, 0.5) is 34.1 Å². The number of nitrogens with zero attached hydrogens (tertiary/aromatic N) is 3. The molecule has 0 bridgehead atoms. The molecule has 0 aliphatic carbocycles. The van der Waals surface area contributed by atoms with Crippen LogP contribution < -0.4 is 14.5 Å². The summed E-state index contributed by atoms with van der Waals surface area (Å²) in [5.41, 5.74) is 10.6. The number of aromatic nitrogens is 1. The van der Waals surface area contributed by atoms with Crippen molar-refractivity contribution in [3.8, 4) is 28.1 Å². The maximum Gasteiger partial charge on any atom is 0.175 e. The molecule has 0 radical (unpaired) electrons. The van der Waals surface area contributed by atoms with E-state index in [1.165, 1.54) is 6.26 Å². The molecule has 0 unspecified atom stereocenters. The van der Waals surface area contributed by atoms with Crippen LogP contribution in [0.25, 0.3) is 33.3 Å². The van der Waals surface area contributed by atoms with Gasteiger partial charge in [0.2, 0.25) is 0 Å². The maximum atomic E-state index is 12.2. The molecule has 0 fully saturated rings. The molecular weight excluding hydrogens is 615 g/mol. The predicted molar refractivity (Wildman–Crippen MR) is 195 cm³/mol.